The van der Waals surface area contributed by atoms with Crippen LogP contribution >= 0.6 is 0 Å². The molecule has 5 heteroatoms. The molecule has 0 saturated heterocycles. The van der Waals surface area contributed by atoms with Crippen molar-refractivity contribution in [2.75, 3.05) is 29.3 Å². The summed E-state index contributed by atoms with van der Waals surface area (Å²) in [4.78, 5) is 2.48. The second kappa shape index (κ2) is 5.89. The number of sulfonamides is 1. The fourth-order valence-electron chi connectivity index (χ4n) is 3.04. The Morgan fingerprint density at radius 3 is 2.35 bits per heavy atom. The molecule has 0 amide bonds. The Kier molecular flexibility index (Phi) is 4.06. The summed E-state index contributed by atoms with van der Waals surface area (Å²) >= 11 is 0. The molecule has 1 aliphatic heterocycles. The first-order valence-corrected chi connectivity index (χ1v) is 9.25. The van der Waals surface area contributed by atoms with Crippen LogP contribution in [0, 0.1) is 13.8 Å². The van der Waals surface area contributed by atoms with Crippen LogP contribution in [0.1, 0.15) is 17.5 Å². The molecule has 0 fully saturated rings. The Hall–Kier alpha value is -2.01. The van der Waals surface area contributed by atoms with Gasteiger partial charge in [0.15, 0.2) is 0 Å². The van der Waals surface area contributed by atoms with E-state index in [1.165, 1.54) is 0 Å². The van der Waals surface area contributed by atoms with E-state index in [0.29, 0.717) is 11.4 Å². The number of rotatable bonds is 2. The van der Waals surface area contributed by atoms with E-state index in [1.807, 2.05) is 51.2 Å². The van der Waals surface area contributed by atoms with Crippen LogP contribution in [0.25, 0.3) is 0 Å². The molecule has 1 heterocycles. The van der Waals surface area contributed by atoms with E-state index >= 15 is 0 Å². The van der Waals surface area contributed by atoms with Gasteiger partial charge in [-0.3, -0.25) is 4.31 Å². The van der Waals surface area contributed by atoms with Crippen molar-refractivity contribution in [2.24, 2.45) is 0 Å². The summed E-state index contributed by atoms with van der Waals surface area (Å²) in [7, 11) is -1.54. The Balaban J connectivity index is 2.16. The first kappa shape index (κ1) is 15.9. The quantitative estimate of drug-likeness (QED) is 0.848. The third kappa shape index (κ3) is 2.81. The zero-order chi connectivity index (χ0) is 16.6. The second-order valence-corrected chi connectivity index (χ2v) is 7.97. The van der Waals surface area contributed by atoms with Crippen molar-refractivity contribution in [3.05, 3.63) is 53.6 Å². The summed E-state index contributed by atoms with van der Waals surface area (Å²) in [5.74, 6) is 0. The molecule has 1 aliphatic rings. The number of hydrogen-bond acceptors (Lipinski definition) is 3. The number of aryl methyl sites for hydroxylation is 2. The van der Waals surface area contributed by atoms with Crippen molar-refractivity contribution < 1.29 is 8.42 Å². The van der Waals surface area contributed by atoms with Crippen molar-refractivity contribution >= 4 is 21.4 Å². The number of anilines is 2. The van der Waals surface area contributed by atoms with Crippen molar-refractivity contribution in [3.63, 3.8) is 0 Å². The summed E-state index contributed by atoms with van der Waals surface area (Å²) in [6, 6.07) is 13.0. The van der Waals surface area contributed by atoms with E-state index in [4.69, 9.17) is 0 Å². The highest BCUT2D eigenvalue weighted by Crippen LogP contribution is 2.37. The van der Waals surface area contributed by atoms with E-state index in [9.17, 15) is 8.42 Å². The average Bonchev–Trinajstić information content (AvgIpc) is 2.69. The highest BCUT2D eigenvalue weighted by molar-refractivity contribution is 7.92. The normalized spacial score (nSPS) is 15.3. The van der Waals surface area contributed by atoms with Crippen LogP contribution in [0.3, 0.4) is 0 Å². The molecule has 3 rings (SSSR count). The van der Waals surface area contributed by atoms with Gasteiger partial charge in [0.25, 0.3) is 10.0 Å². The zero-order valence-corrected chi connectivity index (χ0v) is 14.6. The highest BCUT2D eigenvalue weighted by atomic mass is 32.2. The van der Waals surface area contributed by atoms with Crippen LogP contribution in [-0.2, 0) is 10.0 Å². The Morgan fingerprint density at radius 1 is 0.957 bits per heavy atom. The lowest BCUT2D eigenvalue weighted by Crippen LogP contribution is -2.32. The zero-order valence-electron chi connectivity index (χ0n) is 13.8. The molecule has 23 heavy (non-hydrogen) atoms. The number of hydrogen-bond donors (Lipinski definition) is 0. The first-order chi connectivity index (χ1) is 10.9. The van der Waals surface area contributed by atoms with Gasteiger partial charge in [-0.2, -0.15) is 0 Å². The third-order valence-corrected chi connectivity index (χ3v) is 6.15. The monoisotopic (exact) mass is 330 g/mol. The first-order valence-electron chi connectivity index (χ1n) is 7.81. The van der Waals surface area contributed by atoms with Crippen LogP contribution in [0.15, 0.2) is 47.4 Å². The van der Waals surface area contributed by atoms with Crippen molar-refractivity contribution in [3.8, 4) is 0 Å². The summed E-state index contributed by atoms with van der Waals surface area (Å²) in [5, 5.41) is 0. The minimum Gasteiger partial charge on any atom is -0.373 e. The maximum absolute atomic E-state index is 13.2. The lowest BCUT2D eigenvalue weighted by Gasteiger charge is -2.27. The molecule has 122 valence electrons. The van der Waals surface area contributed by atoms with Gasteiger partial charge in [0.1, 0.15) is 0 Å². The van der Waals surface area contributed by atoms with Gasteiger partial charge in [-0.05, 0) is 44.0 Å². The van der Waals surface area contributed by atoms with E-state index < -0.39 is 10.0 Å². The fraction of sp³-hybridized carbons (Fsp3) is 0.333. The summed E-state index contributed by atoms with van der Waals surface area (Å²) in [6.45, 7) is 5.27. The van der Waals surface area contributed by atoms with Gasteiger partial charge in [0, 0.05) is 20.1 Å². The SMILES string of the molecule is Cc1ccc(S(=O)(=O)N2CCCN(C)c3cccc(C)c32)cc1. The van der Waals surface area contributed by atoms with Crippen LogP contribution < -0.4 is 9.21 Å². The molecule has 0 N–H and O–H groups in total. The van der Waals surface area contributed by atoms with Crippen LogP contribution in [0.4, 0.5) is 11.4 Å². The van der Waals surface area contributed by atoms with Gasteiger partial charge < -0.3 is 4.90 Å². The molecule has 2 aromatic carbocycles. The molecular weight excluding hydrogens is 308 g/mol. The fourth-order valence-corrected chi connectivity index (χ4v) is 4.62. The van der Waals surface area contributed by atoms with Crippen molar-refractivity contribution in [1.82, 2.24) is 0 Å². The van der Waals surface area contributed by atoms with Gasteiger partial charge in [0.05, 0.1) is 16.3 Å². The maximum atomic E-state index is 13.2. The number of para-hydroxylation sites is 1. The van der Waals surface area contributed by atoms with Crippen LogP contribution in [0.2, 0.25) is 0 Å². The van der Waals surface area contributed by atoms with Gasteiger partial charge in [-0.15, -0.1) is 0 Å². The summed E-state index contributed by atoms with van der Waals surface area (Å²) in [6.07, 6.45) is 0.801. The van der Waals surface area contributed by atoms with E-state index in [0.717, 1.165) is 35.5 Å². The summed E-state index contributed by atoms with van der Waals surface area (Å²) < 4.78 is 27.9. The van der Waals surface area contributed by atoms with Crippen LogP contribution in [0.5, 0.6) is 0 Å². The molecular formula is C18H22N2O2S. The van der Waals surface area contributed by atoms with Gasteiger partial charge in [0.2, 0.25) is 0 Å². The topological polar surface area (TPSA) is 40.6 Å². The average molecular weight is 330 g/mol. The number of benzene rings is 2. The third-order valence-electron chi connectivity index (χ3n) is 4.34. The van der Waals surface area contributed by atoms with E-state index in [-0.39, 0.29) is 0 Å². The molecule has 0 spiro atoms. The lowest BCUT2D eigenvalue weighted by molar-refractivity contribution is 0.590. The maximum Gasteiger partial charge on any atom is 0.264 e. The lowest BCUT2D eigenvalue weighted by atomic mass is 10.1. The molecule has 0 bridgehead atoms. The highest BCUT2D eigenvalue weighted by Gasteiger charge is 2.30. The molecule has 0 saturated carbocycles. The molecule has 0 unspecified atom stereocenters. The predicted octanol–water partition coefficient (Wildman–Crippen LogP) is 3.34. The molecule has 4 nitrogen and oxygen atoms in total. The Morgan fingerprint density at radius 2 is 1.65 bits per heavy atom. The number of fused-ring (bicyclic) bond motifs is 1. The molecule has 0 radical (unpaired) electrons. The minimum absolute atomic E-state index is 0.349. The minimum atomic E-state index is -3.55. The molecule has 2 aromatic rings. The van der Waals surface area contributed by atoms with Gasteiger partial charge >= 0.3 is 0 Å². The van der Waals surface area contributed by atoms with Crippen molar-refractivity contribution in [1.29, 1.82) is 0 Å². The second-order valence-electron chi connectivity index (χ2n) is 6.11. The molecule has 0 aliphatic carbocycles. The Labute approximate surface area is 138 Å². The van der Waals surface area contributed by atoms with E-state index in [1.54, 1.807) is 16.4 Å². The summed E-state index contributed by atoms with van der Waals surface area (Å²) in [5.41, 5.74) is 3.80. The van der Waals surface area contributed by atoms with Crippen LogP contribution in [-0.4, -0.2) is 28.6 Å². The van der Waals surface area contributed by atoms with Gasteiger partial charge in [-0.25, -0.2) is 8.42 Å². The van der Waals surface area contributed by atoms with Gasteiger partial charge in [-0.1, -0.05) is 29.8 Å². The predicted molar refractivity (Wildman–Crippen MR) is 94.8 cm³/mol. The number of nitrogens with zero attached hydrogens (tertiary/aromatic N) is 2. The van der Waals surface area contributed by atoms with Crippen molar-refractivity contribution in [2.45, 2.75) is 25.2 Å². The smallest absolute Gasteiger partial charge is 0.264 e. The molecule has 0 aromatic heterocycles. The standard InChI is InChI=1S/C18H22N2O2S/c1-14-8-10-16(11-9-14)23(21,22)20-13-5-12-19(3)17-7-4-6-15(2)18(17)20/h4,6-11H,5,12-13H2,1-3H3. The largest absolute Gasteiger partial charge is 0.373 e. The van der Waals surface area contributed by atoms with E-state index in [2.05, 4.69) is 4.90 Å². The Bertz CT molecular complexity index is 813. The molecule has 0 atom stereocenters.